The summed E-state index contributed by atoms with van der Waals surface area (Å²) in [7, 11) is 1.68. The molecule has 0 saturated carbocycles. The van der Waals surface area contributed by atoms with E-state index < -0.39 is 0 Å². The van der Waals surface area contributed by atoms with Crippen LogP contribution < -0.4 is 10.1 Å². The van der Waals surface area contributed by atoms with Gasteiger partial charge in [0.1, 0.15) is 5.75 Å². The normalized spacial score (nSPS) is 10.6. The Bertz CT molecular complexity index is 274. The van der Waals surface area contributed by atoms with E-state index in [2.05, 4.69) is 24.1 Å². The first-order chi connectivity index (χ1) is 6.74. The third kappa shape index (κ3) is 3.34. The molecule has 0 atom stereocenters. The smallest absolute Gasteiger partial charge is 0.140 e. The van der Waals surface area contributed by atoms with Gasteiger partial charge in [-0.1, -0.05) is 13.8 Å². The maximum atomic E-state index is 5.21. The molecule has 1 aromatic heterocycles. The Morgan fingerprint density at radius 2 is 2.29 bits per heavy atom. The zero-order valence-electron chi connectivity index (χ0n) is 9.08. The molecule has 3 heteroatoms. The molecule has 0 bridgehead atoms. The Balaban J connectivity index is 2.49. The molecular weight excluding hydrogens is 176 g/mol. The van der Waals surface area contributed by atoms with Crippen molar-refractivity contribution in [1.82, 2.24) is 10.3 Å². The van der Waals surface area contributed by atoms with Crippen LogP contribution in [0, 0.1) is 0 Å². The lowest BCUT2D eigenvalue weighted by Crippen LogP contribution is -2.25. The molecule has 1 N–H and O–H groups in total. The molecule has 3 nitrogen and oxygen atoms in total. The second kappa shape index (κ2) is 5.60. The van der Waals surface area contributed by atoms with Crippen molar-refractivity contribution in [2.45, 2.75) is 26.3 Å². The monoisotopic (exact) mass is 194 g/mol. The van der Waals surface area contributed by atoms with Gasteiger partial charge in [0.25, 0.3) is 0 Å². The Hall–Kier alpha value is -1.09. The highest BCUT2D eigenvalue weighted by Crippen LogP contribution is 2.14. The van der Waals surface area contributed by atoms with Crippen LogP contribution in [-0.4, -0.2) is 24.7 Å². The fourth-order valence-electron chi connectivity index (χ4n) is 1.28. The van der Waals surface area contributed by atoms with Crippen molar-refractivity contribution >= 4 is 0 Å². The number of nitrogens with zero attached hydrogens (tertiary/aromatic N) is 1. The number of hydrogen-bond donors (Lipinski definition) is 1. The van der Waals surface area contributed by atoms with Crippen molar-refractivity contribution < 1.29 is 4.74 Å². The van der Waals surface area contributed by atoms with Crippen molar-refractivity contribution in [3.8, 4) is 5.75 Å². The second-order valence-electron chi connectivity index (χ2n) is 3.51. The summed E-state index contributed by atoms with van der Waals surface area (Å²) in [5.74, 6) is 0.873. The summed E-state index contributed by atoms with van der Waals surface area (Å²) in [5, 5.41) is 3.35. The maximum absolute atomic E-state index is 5.21. The summed E-state index contributed by atoms with van der Waals surface area (Å²) < 4.78 is 5.21. The number of ether oxygens (including phenoxy) is 1. The fourth-order valence-corrected chi connectivity index (χ4v) is 1.28. The summed E-state index contributed by atoms with van der Waals surface area (Å²) in [5.41, 5.74) is 1.02. The van der Waals surface area contributed by atoms with E-state index in [1.165, 1.54) is 0 Å². The van der Waals surface area contributed by atoms with Crippen molar-refractivity contribution in [1.29, 1.82) is 0 Å². The molecule has 14 heavy (non-hydrogen) atoms. The van der Waals surface area contributed by atoms with E-state index in [9.17, 15) is 0 Å². The van der Waals surface area contributed by atoms with Crippen LogP contribution in [0.4, 0.5) is 0 Å². The maximum Gasteiger partial charge on any atom is 0.140 e. The number of aromatic nitrogens is 1. The molecule has 0 aliphatic carbocycles. The van der Waals surface area contributed by atoms with Crippen LogP contribution in [0.25, 0.3) is 0 Å². The summed E-state index contributed by atoms with van der Waals surface area (Å²) in [6, 6.07) is 4.35. The molecule has 0 radical (unpaired) electrons. The lowest BCUT2D eigenvalue weighted by atomic mass is 10.2. The average Bonchev–Trinajstić information content (AvgIpc) is 2.18. The van der Waals surface area contributed by atoms with Crippen molar-refractivity contribution in [3.05, 3.63) is 24.0 Å². The van der Waals surface area contributed by atoms with Crippen LogP contribution in [0.5, 0.6) is 5.75 Å². The quantitative estimate of drug-likeness (QED) is 0.773. The van der Waals surface area contributed by atoms with Gasteiger partial charge in [0.15, 0.2) is 0 Å². The van der Waals surface area contributed by atoms with E-state index in [4.69, 9.17) is 4.74 Å². The van der Waals surface area contributed by atoms with Crippen LogP contribution >= 0.6 is 0 Å². The summed E-state index contributed by atoms with van der Waals surface area (Å²) in [6.07, 6.45) is 2.70. The molecule has 0 fully saturated rings. The highest BCUT2D eigenvalue weighted by Gasteiger charge is 2.02. The van der Waals surface area contributed by atoms with Crippen molar-refractivity contribution in [2.24, 2.45) is 0 Å². The van der Waals surface area contributed by atoms with E-state index in [0.29, 0.717) is 6.04 Å². The molecule has 0 unspecified atom stereocenters. The van der Waals surface area contributed by atoms with Crippen molar-refractivity contribution in [3.63, 3.8) is 0 Å². The largest absolute Gasteiger partial charge is 0.495 e. The highest BCUT2D eigenvalue weighted by atomic mass is 16.5. The fraction of sp³-hybridized carbons (Fsp3) is 0.545. The minimum Gasteiger partial charge on any atom is -0.495 e. The van der Waals surface area contributed by atoms with Gasteiger partial charge in [-0.05, 0) is 12.1 Å². The molecule has 0 saturated heterocycles. The lowest BCUT2D eigenvalue weighted by molar-refractivity contribution is 0.405. The Morgan fingerprint density at radius 3 is 2.93 bits per heavy atom. The van der Waals surface area contributed by atoms with E-state index in [1.54, 1.807) is 13.3 Å². The molecule has 1 heterocycles. The molecule has 0 aliphatic heterocycles. The Kier molecular flexibility index (Phi) is 4.40. The second-order valence-corrected chi connectivity index (χ2v) is 3.51. The number of methoxy groups -OCH3 is 1. The topological polar surface area (TPSA) is 34.1 Å². The first-order valence-electron chi connectivity index (χ1n) is 4.95. The zero-order chi connectivity index (χ0) is 10.4. The van der Waals surface area contributed by atoms with Gasteiger partial charge < -0.3 is 10.1 Å². The van der Waals surface area contributed by atoms with E-state index in [-0.39, 0.29) is 0 Å². The molecule has 0 amide bonds. The summed E-state index contributed by atoms with van der Waals surface area (Å²) >= 11 is 0. The lowest BCUT2D eigenvalue weighted by Gasteiger charge is -2.09. The average molecular weight is 194 g/mol. The van der Waals surface area contributed by atoms with Crippen LogP contribution in [-0.2, 0) is 6.42 Å². The predicted octanol–water partition coefficient (Wildman–Crippen LogP) is 1.63. The van der Waals surface area contributed by atoms with Gasteiger partial charge in [0.2, 0.25) is 0 Å². The highest BCUT2D eigenvalue weighted by molar-refractivity contribution is 5.26. The van der Waals surface area contributed by atoms with Gasteiger partial charge >= 0.3 is 0 Å². The van der Waals surface area contributed by atoms with Gasteiger partial charge in [-0.3, -0.25) is 4.98 Å². The van der Waals surface area contributed by atoms with Gasteiger partial charge in [0, 0.05) is 25.2 Å². The van der Waals surface area contributed by atoms with Gasteiger partial charge in [-0.25, -0.2) is 0 Å². The third-order valence-electron chi connectivity index (χ3n) is 1.98. The van der Waals surface area contributed by atoms with Crippen LogP contribution in [0.2, 0.25) is 0 Å². The molecule has 0 aromatic carbocycles. The Morgan fingerprint density at radius 1 is 1.50 bits per heavy atom. The van der Waals surface area contributed by atoms with E-state index in [1.807, 2.05) is 12.1 Å². The molecular formula is C11H18N2O. The van der Waals surface area contributed by atoms with Gasteiger partial charge in [-0.15, -0.1) is 0 Å². The Labute approximate surface area is 85.5 Å². The number of pyridine rings is 1. The minimum atomic E-state index is 0.518. The number of rotatable bonds is 5. The summed E-state index contributed by atoms with van der Waals surface area (Å²) in [6.45, 7) is 5.20. The minimum absolute atomic E-state index is 0.518. The van der Waals surface area contributed by atoms with Crippen LogP contribution in [0.3, 0.4) is 0 Å². The van der Waals surface area contributed by atoms with Crippen molar-refractivity contribution in [2.75, 3.05) is 13.7 Å². The van der Waals surface area contributed by atoms with Gasteiger partial charge in [0.05, 0.1) is 12.8 Å². The van der Waals surface area contributed by atoms with E-state index in [0.717, 1.165) is 24.4 Å². The zero-order valence-corrected chi connectivity index (χ0v) is 9.08. The molecule has 1 aromatic rings. The predicted molar refractivity (Wildman–Crippen MR) is 57.6 cm³/mol. The first-order valence-corrected chi connectivity index (χ1v) is 4.95. The van der Waals surface area contributed by atoms with E-state index >= 15 is 0 Å². The number of hydrogen-bond acceptors (Lipinski definition) is 3. The third-order valence-corrected chi connectivity index (χ3v) is 1.98. The van der Waals surface area contributed by atoms with Gasteiger partial charge in [-0.2, -0.15) is 0 Å². The summed E-state index contributed by atoms with van der Waals surface area (Å²) in [4.78, 5) is 4.28. The molecule has 1 rings (SSSR count). The first kappa shape index (κ1) is 11.0. The van der Waals surface area contributed by atoms with Crippen LogP contribution in [0.1, 0.15) is 19.5 Å². The standard InChI is InChI=1S/C11H18N2O/c1-9(2)12-8-6-10-11(14-3)5-4-7-13-10/h4-5,7,9,12H,6,8H2,1-3H3. The van der Waals surface area contributed by atoms with Crippen LogP contribution in [0.15, 0.2) is 18.3 Å². The number of nitrogens with one attached hydrogen (secondary N) is 1. The molecule has 78 valence electrons. The molecule has 0 aliphatic rings. The molecule has 0 spiro atoms. The SMILES string of the molecule is COc1cccnc1CCNC(C)C.